The standard InChI is InChI=1S/C6H10O2.C4H6O2.C3H4O2/c1-4-8-6(7)5(2)3;1-3(2)4(5)6;1-2-3(4)5/h2,4H2,1,3H3;1H2,2H3,(H,5,6);2H,1H2,(H,4,5). The molecule has 0 aliphatic rings. The summed E-state index contributed by atoms with van der Waals surface area (Å²) in [7, 11) is 0. The topological polar surface area (TPSA) is 101 Å². The average molecular weight is 272 g/mol. The van der Waals surface area contributed by atoms with Crippen LogP contribution in [0.1, 0.15) is 20.8 Å². The predicted molar refractivity (Wildman–Crippen MR) is 71.7 cm³/mol. The van der Waals surface area contributed by atoms with E-state index in [4.69, 9.17) is 10.2 Å². The molecular weight excluding hydrogens is 252 g/mol. The fraction of sp³-hybridized carbons (Fsp3) is 0.308. The van der Waals surface area contributed by atoms with Gasteiger partial charge in [-0.25, -0.2) is 14.4 Å². The van der Waals surface area contributed by atoms with Gasteiger partial charge in [0.15, 0.2) is 0 Å². The maximum absolute atomic E-state index is 10.4. The van der Waals surface area contributed by atoms with E-state index in [0.29, 0.717) is 12.2 Å². The molecule has 0 aliphatic carbocycles. The van der Waals surface area contributed by atoms with Crippen molar-refractivity contribution >= 4 is 17.9 Å². The summed E-state index contributed by atoms with van der Waals surface area (Å²) >= 11 is 0. The summed E-state index contributed by atoms with van der Waals surface area (Å²) in [5.74, 6) is -2.23. The Bertz CT molecular complexity index is 342. The number of rotatable bonds is 4. The highest BCUT2D eigenvalue weighted by Gasteiger charge is 1.98. The normalized spacial score (nSPS) is 7.53. The summed E-state index contributed by atoms with van der Waals surface area (Å²) in [5, 5.41) is 15.5. The zero-order valence-corrected chi connectivity index (χ0v) is 11.4. The SMILES string of the molecule is C=C(C)C(=O)O.C=C(C)C(=O)OCC.C=CC(=O)O. The van der Waals surface area contributed by atoms with Crippen LogP contribution in [0.4, 0.5) is 0 Å². The highest BCUT2D eigenvalue weighted by atomic mass is 16.5. The summed E-state index contributed by atoms with van der Waals surface area (Å²) in [6.07, 6.45) is 0.833. The fourth-order valence-electron chi connectivity index (χ4n) is 0.254. The third-order valence-corrected chi connectivity index (χ3v) is 1.16. The van der Waals surface area contributed by atoms with Crippen LogP contribution < -0.4 is 0 Å². The number of carbonyl (C=O) groups excluding carboxylic acids is 1. The van der Waals surface area contributed by atoms with E-state index in [9.17, 15) is 14.4 Å². The molecule has 0 aromatic heterocycles. The molecule has 0 saturated heterocycles. The Labute approximate surface area is 112 Å². The maximum Gasteiger partial charge on any atom is 0.333 e. The van der Waals surface area contributed by atoms with Gasteiger partial charge in [-0.05, 0) is 20.8 Å². The zero-order chi connectivity index (χ0) is 16.0. The minimum atomic E-state index is -0.981. The third kappa shape index (κ3) is 25.7. The van der Waals surface area contributed by atoms with Crippen LogP contribution in [0.15, 0.2) is 37.0 Å². The first-order chi connectivity index (χ1) is 8.59. The van der Waals surface area contributed by atoms with Gasteiger partial charge in [-0.1, -0.05) is 19.7 Å². The van der Waals surface area contributed by atoms with Gasteiger partial charge in [0.1, 0.15) is 0 Å². The molecule has 0 bridgehead atoms. The van der Waals surface area contributed by atoms with Gasteiger partial charge < -0.3 is 14.9 Å². The van der Waals surface area contributed by atoms with Crippen LogP contribution in [0.2, 0.25) is 0 Å². The van der Waals surface area contributed by atoms with Crippen molar-refractivity contribution in [2.24, 2.45) is 0 Å². The summed E-state index contributed by atoms with van der Waals surface area (Å²) in [4.78, 5) is 29.3. The molecule has 0 aromatic rings. The average Bonchev–Trinajstić information content (AvgIpc) is 2.30. The third-order valence-electron chi connectivity index (χ3n) is 1.16. The molecule has 108 valence electrons. The molecule has 19 heavy (non-hydrogen) atoms. The van der Waals surface area contributed by atoms with E-state index in [-0.39, 0.29) is 11.5 Å². The van der Waals surface area contributed by atoms with Crippen molar-refractivity contribution in [3.8, 4) is 0 Å². The van der Waals surface area contributed by atoms with Crippen molar-refractivity contribution < 1.29 is 29.3 Å². The molecule has 0 fully saturated rings. The summed E-state index contributed by atoms with van der Waals surface area (Å²) < 4.78 is 4.56. The molecule has 0 heterocycles. The van der Waals surface area contributed by atoms with Gasteiger partial charge in [0.05, 0.1) is 6.61 Å². The number of esters is 1. The van der Waals surface area contributed by atoms with Crippen molar-refractivity contribution in [3.63, 3.8) is 0 Å². The number of carbonyl (C=O) groups is 3. The molecule has 0 aliphatic heterocycles. The first kappa shape index (κ1) is 21.9. The van der Waals surface area contributed by atoms with Crippen LogP contribution in [0, 0.1) is 0 Å². The monoisotopic (exact) mass is 272 g/mol. The lowest BCUT2D eigenvalue weighted by Gasteiger charge is -1.96. The lowest BCUT2D eigenvalue weighted by atomic mass is 10.4. The van der Waals surface area contributed by atoms with E-state index in [0.717, 1.165) is 6.08 Å². The Morgan fingerprint density at radius 1 is 1.11 bits per heavy atom. The molecule has 0 radical (unpaired) electrons. The molecule has 0 spiro atoms. The van der Waals surface area contributed by atoms with Crippen LogP contribution in [0.3, 0.4) is 0 Å². The van der Waals surface area contributed by atoms with Crippen LogP contribution in [-0.4, -0.2) is 34.7 Å². The smallest absolute Gasteiger partial charge is 0.333 e. The zero-order valence-electron chi connectivity index (χ0n) is 11.4. The Morgan fingerprint density at radius 2 is 1.42 bits per heavy atom. The van der Waals surface area contributed by atoms with Gasteiger partial charge in [-0.15, -0.1) is 0 Å². The second kappa shape index (κ2) is 13.7. The van der Waals surface area contributed by atoms with Gasteiger partial charge in [0, 0.05) is 17.2 Å². The van der Waals surface area contributed by atoms with Gasteiger partial charge in [-0.2, -0.15) is 0 Å². The predicted octanol–water partition coefficient (Wildman–Crippen LogP) is 2.03. The minimum Gasteiger partial charge on any atom is -0.478 e. The highest BCUT2D eigenvalue weighted by Crippen LogP contribution is 1.89. The Morgan fingerprint density at radius 3 is 1.47 bits per heavy atom. The van der Waals surface area contributed by atoms with E-state index in [1.54, 1.807) is 13.8 Å². The summed E-state index contributed by atoms with van der Waals surface area (Å²) in [6.45, 7) is 14.8. The quantitative estimate of drug-likeness (QED) is 0.600. The molecule has 6 heteroatoms. The number of ether oxygens (including phenoxy) is 1. The molecule has 0 amide bonds. The van der Waals surface area contributed by atoms with Crippen LogP contribution in [-0.2, 0) is 19.1 Å². The van der Waals surface area contributed by atoms with Crippen molar-refractivity contribution in [3.05, 3.63) is 37.0 Å². The first-order valence-electron chi connectivity index (χ1n) is 5.16. The molecular formula is C13H20O6. The lowest BCUT2D eigenvalue weighted by molar-refractivity contribution is -0.138. The molecule has 0 atom stereocenters. The Balaban J connectivity index is -0.000000209. The number of aliphatic carboxylic acids is 2. The molecule has 0 unspecified atom stereocenters. The van der Waals surface area contributed by atoms with Gasteiger partial charge in [-0.3, -0.25) is 0 Å². The second-order valence-electron chi connectivity index (χ2n) is 3.13. The number of carboxylic acids is 2. The van der Waals surface area contributed by atoms with Crippen LogP contribution >= 0.6 is 0 Å². The van der Waals surface area contributed by atoms with Gasteiger partial charge in [0.25, 0.3) is 0 Å². The van der Waals surface area contributed by atoms with Gasteiger partial charge >= 0.3 is 17.9 Å². The van der Waals surface area contributed by atoms with E-state index in [1.165, 1.54) is 6.92 Å². The Hall–Kier alpha value is -2.37. The van der Waals surface area contributed by atoms with Crippen molar-refractivity contribution in [1.29, 1.82) is 0 Å². The van der Waals surface area contributed by atoms with Crippen LogP contribution in [0.5, 0.6) is 0 Å². The molecule has 2 N–H and O–H groups in total. The maximum atomic E-state index is 10.4. The molecule has 6 nitrogen and oxygen atoms in total. The number of hydrogen-bond acceptors (Lipinski definition) is 4. The van der Waals surface area contributed by atoms with E-state index < -0.39 is 11.9 Å². The molecule has 0 aromatic carbocycles. The van der Waals surface area contributed by atoms with Crippen molar-refractivity contribution in [1.82, 2.24) is 0 Å². The minimum absolute atomic E-state index is 0.176. The first-order valence-corrected chi connectivity index (χ1v) is 5.16. The molecule has 0 saturated carbocycles. The second-order valence-corrected chi connectivity index (χ2v) is 3.13. The van der Waals surface area contributed by atoms with Crippen LogP contribution in [0.25, 0.3) is 0 Å². The van der Waals surface area contributed by atoms with E-state index >= 15 is 0 Å². The number of carboxylic acid groups (broad SMARTS) is 2. The van der Waals surface area contributed by atoms with Crippen molar-refractivity contribution in [2.45, 2.75) is 20.8 Å². The highest BCUT2D eigenvalue weighted by molar-refractivity contribution is 5.86. The van der Waals surface area contributed by atoms with Gasteiger partial charge in [0.2, 0.25) is 0 Å². The van der Waals surface area contributed by atoms with Crippen molar-refractivity contribution in [2.75, 3.05) is 6.61 Å². The molecule has 0 rings (SSSR count). The lowest BCUT2D eigenvalue weighted by Crippen LogP contribution is -2.03. The van der Waals surface area contributed by atoms with E-state index in [1.807, 2.05) is 0 Å². The van der Waals surface area contributed by atoms with E-state index in [2.05, 4.69) is 24.5 Å². The number of hydrogen-bond donors (Lipinski definition) is 2. The summed E-state index contributed by atoms with van der Waals surface area (Å²) in [6, 6.07) is 0. The largest absolute Gasteiger partial charge is 0.478 e. The summed E-state index contributed by atoms with van der Waals surface area (Å²) in [5.41, 5.74) is 0.627. The fourth-order valence-corrected chi connectivity index (χ4v) is 0.254. The Kier molecular flexibility index (Phi) is 15.8.